The molecule has 0 aliphatic rings. The maximum atomic E-state index is 3.98. The van der Waals surface area contributed by atoms with Gasteiger partial charge in [0.15, 0.2) is 0 Å². The number of hydrogen-bond donors (Lipinski definition) is 0. The fourth-order valence-corrected chi connectivity index (χ4v) is 0.822. The van der Waals surface area contributed by atoms with Crippen LogP contribution in [0, 0.1) is 5.92 Å². The lowest BCUT2D eigenvalue weighted by Crippen LogP contribution is -1.94. The number of aliphatic imine (C=N–C) groups is 1. The number of hydrogen-bond acceptors (Lipinski definition) is 1. The molecule has 1 heteroatoms. The minimum absolute atomic E-state index is 0.601. The Kier molecular flexibility index (Phi) is 12.1. The predicted octanol–water partition coefficient (Wildman–Crippen LogP) is 3.71. The molecular formula is C11H23N. The summed E-state index contributed by atoms with van der Waals surface area (Å²) in [6.07, 6.45) is 5.26. The zero-order valence-corrected chi connectivity index (χ0v) is 9.39. The summed E-state index contributed by atoms with van der Waals surface area (Å²) < 4.78 is 0. The SMILES string of the molecule is CC.CC/C=C(\C=NC)C(C)C. The van der Waals surface area contributed by atoms with Crippen LogP contribution in [0.4, 0.5) is 0 Å². The zero-order valence-electron chi connectivity index (χ0n) is 9.39. The standard InChI is InChI=1S/C9H17N.C2H6/c1-5-6-9(7-10-4)8(2)3;1-2/h6-8H,5H2,1-4H3;1-2H3/b9-6+,10-7?;. The third kappa shape index (κ3) is 7.52. The molecule has 0 aromatic carbocycles. The summed E-state index contributed by atoms with van der Waals surface area (Å²) in [6.45, 7) is 10.5. The van der Waals surface area contributed by atoms with Crippen LogP contribution >= 0.6 is 0 Å². The summed E-state index contributed by atoms with van der Waals surface area (Å²) >= 11 is 0. The topological polar surface area (TPSA) is 12.4 Å². The highest BCUT2D eigenvalue weighted by atomic mass is 14.6. The second kappa shape index (κ2) is 10.4. The van der Waals surface area contributed by atoms with Crippen LogP contribution in [0.1, 0.15) is 41.0 Å². The largest absolute Gasteiger partial charge is 0.296 e. The van der Waals surface area contributed by atoms with E-state index in [0.29, 0.717) is 5.92 Å². The lowest BCUT2D eigenvalue weighted by Gasteiger charge is -2.03. The maximum absolute atomic E-state index is 3.98. The van der Waals surface area contributed by atoms with Crippen LogP contribution in [0.2, 0.25) is 0 Å². The van der Waals surface area contributed by atoms with Crippen LogP contribution in [0.3, 0.4) is 0 Å². The molecule has 0 atom stereocenters. The van der Waals surface area contributed by atoms with Crippen molar-refractivity contribution in [2.45, 2.75) is 41.0 Å². The van der Waals surface area contributed by atoms with Crippen molar-refractivity contribution in [1.82, 2.24) is 0 Å². The molecule has 0 amide bonds. The van der Waals surface area contributed by atoms with Gasteiger partial charge in [0.2, 0.25) is 0 Å². The summed E-state index contributed by atoms with van der Waals surface area (Å²) in [6, 6.07) is 0. The van der Waals surface area contributed by atoms with E-state index in [1.165, 1.54) is 5.57 Å². The minimum Gasteiger partial charge on any atom is -0.296 e. The highest BCUT2D eigenvalue weighted by Gasteiger charge is 1.96. The second-order valence-electron chi connectivity index (χ2n) is 2.65. The van der Waals surface area contributed by atoms with E-state index in [0.717, 1.165) is 6.42 Å². The average Bonchev–Trinajstić information content (AvgIpc) is 2.08. The fraction of sp³-hybridized carbons (Fsp3) is 0.727. The smallest absolute Gasteiger partial charge is 0.0277 e. The molecule has 0 aromatic heterocycles. The molecule has 0 aliphatic carbocycles. The van der Waals surface area contributed by atoms with Gasteiger partial charge in [-0.2, -0.15) is 0 Å². The zero-order chi connectivity index (χ0) is 9.98. The normalized spacial score (nSPS) is 11.8. The molecule has 0 saturated carbocycles. The number of allylic oxidation sites excluding steroid dienone is 2. The Bertz CT molecular complexity index is 132. The fourth-order valence-electron chi connectivity index (χ4n) is 0.822. The van der Waals surface area contributed by atoms with Crippen LogP contribution in [0.15, 0.2) is 16.6 Å². The first kappa shape index (κ1) is 14.0. The van der Waals surface area contributed by atoms with Crippen molar-refractivity contribution in [1.29, 1.82) is 0 Å². The first-order valence-electron chi connectivity index (χ1n) is 4.84. The van der Waals surface area contributed by atoms with Crippen LogP contribution in [0.25, 0.3) is 0 Å². The van der Waals surface area contributed by atoms with Crippen molar-refractivity contribution in [3.63, 3.8) is 0 Å². The van der Waals surface area contributed by atoms with Gasteiger partial charge < -0.3 is 0 Å². The Morgan fingerprint density at radius 1 is 1.33 bits per heavy atom. The van der Waals surface area contributed by atoms with Gasteiger partial charge in [-0.25, -0.2) is 0 Å². The third-order valence-corrected chi connectivity index (χ3v) is 1.38. The van der Waals surface area contributed by atoms with Crippen LogP contribution in [-0.4, -0.2) is 13.3 Å². The molecular weight excluding hydrogens is 146 g/mol. The molecule has 0 bridgehead atoms. The van der Waals surface area contributed by atoms with Crippen molar-refractivity contribution in [2.24, 2.45) is 10.9 Å². The van der Waals surface area contributed by atoms with Gasteiger partial charge in [-0.15, -0.1) is 0 Å². The monoisotopic (exact) mass is 169 g/mol. The lowest BCUT2D eigenvalue weighted by molar-refractivity contribution is 0.800. The molecule has 1 nitrogen and oxygen atoms in total. The quantitative estimate of drug-likeness (QED) is 0.571. The predicted molar refractivity (Wildman–Crippen MR) is 59.0 cm³/mol. The molecule has 0 unspecified atom stereocenters. The first-order valence-corrected chi connectivity index (χ1v) is 4.84. The number of rotatable bonds is 3. The van der Waals surface area contributed by atoms with Gasteiger partial charge in [0.1, 0.15) is 0 Å². The molecule has 0 N–H and O–H groups in total. The van der Waals surface area contributed by atoms with Gasteiger partial charge in [-0.3, -0.25) is 4.99 Å². The van der Waals surface area contributed by atoms with E-state index >= 15 is 0 Å². The molecule has 0 spiro atoms. The van der Waals surface area contributed by atoms with E-state index in [9.17, 15) is 0 Å². The van der Waals surface area contributed by atoms with E-state index < -0.39 is 0 Å². The Morgan fingerprint density at radius 3 is 2.08 bits per heavy atom. The van der Waals surface area contributed by atoms with Gasteiger partial charge in [0.25, 0.3) is 0 Å². The van der Waals surface area contributed by atoms with E-state index in [-0.39, 0.29) is 0 Å². The lowest BCUT2D eigenvalue weighted by atomic mass is 10.0. The molecule has 0 radical (unpaired) electrons. The van der Waals surface area contributed by atoms with E-state index in [2.05, 4.69) is 31.8 Å². The average molecular weight is 169 g/mol. The molecule has 0 heterocycles. The molecule has 0 aliphatic heterocycles. The summed E-state index contributed by atoms with van der Waals surface area (Å²) in [5.74, 6) is 0.601. The summed E-state index contributed by atoms with van der Waals surface area (Å²) in [7, 11) is 1.81. The maximum Gasteiger partial charge on any atom is 0.0277 e. The van der Waals surface area contributed by atoms with Crippen LogP contribution in [-0.2, 0) is 0 Å². The number of nitrogens with zero attached hydrogens (tertiary/aromatic N) is 1. The Hall–Kier alpha value is -0.590. The van der Waals surface area contributed by atoms with E-state index in [1.54, 1.807) is 0 Å². The second-order valence-corrected chi connectivity index (χ2v) is 2.65. The van der Waals surface area contributed by atoms with Gasteiger partial charge in [0, 0.05) is 13.3 Å². The molecule has 0 aromatic rings. The molecule has 0 rings (SSSR count). The van der Waals surface area contributed by atoms with E-state index in [1.807, 2.05) is 27.1 Å². The van der Waals surface area contributed by atoms with Crippen LogP contribution in [0.5, 0.6) is 0 Å². The van der Waals surface area contributed by atoms with Crippen molar-refractivity contribution >= 4 is 6.21 Å². The first-order chi connectivity index (χ1) is 5.72. The Morgan fingerprint density at radius 2 is 1.83 bits per heavy atom. The van der Waals surface area contributed by atoms with Gasteiger partial charge in [0.05, 0.1) is 0 Å². The highest BCUT2D eigenvalue weighted by molar-refractivity contribution is 5.78. The van der Waals surface area contributed by atoms with Gasteiger partial charge in [-0.05, 0) is 17.9 Å². The van der Waals surface area contributed by atoms with Crippen molar-refractivity contribution in [2.75, 3.05) is 7.05 Å². The van der Waals surface area contributed by atoms with Gasteiger partial charge in [-0.1, -0.05) is 40.7 Å². The summed E-state index contributed by atoms with van der Waals surface area (Å²) in [4.78, 5) is 3.98. The van der Waals surface area contributed by atoms with Crippen LogP contribution < -0.4 is 0 Å². The highest BCUT2D eigenvalue weighted by Crippen LogP contribution is 2.07. The molecule has 0 saturated heterocycles. The van der Waals surface area contributed by atoms with Crippen molar-refractivity contribution in [3.8, 4) is 0 Å². The Balaban J connectivity index is 0. The molecule has 0 fully saturated rings. The summed E-state index contributed by atoms with van der Waals surface area (Å²) in [5, 5.41) is 0. The molecule has 72 valence electrons. The van der Waals surface area contributed by atoms with E-state index in [4.69, 9.17) is 0 Å². The van der Waals surface area contributed by atoms with Gasteiger partial charge >= 0.3 is 0 Å². The third-order valence-electron chi connectivity index (χ3n) is 1.38. The summed E-state index contributed by atoms with van der Waals surface area (Å²) in [5.41, 5.74) is 1.34. The van der Waals surface area contributed by atoms with Crippen molar-refractivity contribution < 1.29 is 0 Å². The van der Waals surface area contributed by atoms with Crippen molar-refractivity contribution in [3.05, 3.63) is 11.6 Å². The minimum atomic E-state index is 0.601. The molecule has 12 heavy (non-hydrogen) atoms. The Labute approximate surface area is 77.6 Å².